The van der Waals surface area contributed by atoms with Gasteiger partial charge >= 0.3 is 5.97 Å². The minimum absolute atomic E-state index is 0.130. The molecule has 24 heavy (non-hydrogen) atoms. The van der Waals surface area contributed by atoms with Crippen molar-refractivity contribution >= 4 is 31.9 Å². The molecule has 7 heteroatoms. The van der Waals surface area contributed by atoms with Crippen molar-refractivity contribution < 1.29 is 17.9 Å². The molecular formula is C17H18BrNO4S. The van der Waals surface area contributed by atoms with Crippen molar-refractivity contribution in [3.05, 3.63) is 64.1 Å². The van der Waals surface area contributed by atoms with Gasteiger partial charge in [-0.1, -0.05) is 34.1 Å². The highest BCUT2D eigenvalue weighted by Crippen LogP contribution is 2.22. The SMILES string of the molecule is CCOC(=O)c1ccc(S(=O)(=O)N(C)Cc2ccccc2Br)cc1. The van der Waals surface area contributed by atoms with Gasteiger partial charge in [0, 0.05) is 18.1 Å². The van der Waals surface area contributed by atoms with Crippen molar-refractivity contribution in [3.8, 4) is 0 Å². The first-order valence-corrected chi connectivity index (χ1v) is 9.56. The molecule has 2 aromatic rings. The van der Waals surface area contributed by atoms with Crippen LogP contribution in [0.25, 0.3) is 0 Å². The van der Waals surface area contributed by atoms with Gasteiger partial charge in [-0.05, 0) is 42.8 Å². The van der Waals surface area contributed by atoms with Gasteiger partial charge in [-0.3, -0.25) is 0 Å². The van der Waals surface area contributed by atoms with Gasteiger partial charge in [-0.25, -0.2) is 13.2 Å². The van der Waals surface area contributed by atoms with Gasteiger partial charge in [-0.2, -0.15) is 4.31 Å². The Hall–Kier alpha value is -1.70. The first-order valence-electron chi connectivity index (χ1n) is 7.33. The minimum Gasteiger partial charge on any atom is -0.462 e. The topological polar surface area (TPSA) is 63.7 Å². The van der Waals surface area contributed by atoms with Crippen molar-refractivity contribution in [2.24, 2.45) is 0 Å². The Morgan fingerprint density at radius 3 is 2.33 bits per heavy atom. The lowest BCUT2D eigenvalue weighted by atomic mass is 10.2. The molecule has 0 fully saturated rings. The first-order chi connectivity index (χ1) is 11.4. The third-order valence-electron chi connectivity index (χ3n) is 3.42. The zero-order chi connectivity index (χ0) is 17.7. The van der Waals surface area contributed by atoms with Crippen LogP contribution in [-0.4, -0.2) is 32.3 Å². The molecule has 0 N–H and O–H groups in total. The molecular weight excluding hydrogens is 394 g/mol. The van der Waals surface area contributed by atoms with E-state index >= 15 is 0 Å². The Bertz CT molecular complexity index is 819. The maximum Gasteiger partial charge on any atom is 0.338 e. The Morgan fingerprint density at radius 1 is 1.12 bits per heavy atom. The number of ether oxygens (including phenoxy) is 1. The number of nitrogens with zero attached hydrogens (tertiary/aromatic N) is 1. The second kappa shape index (κ2) is 7.92. The monoisotopic (exact) mass is 411 g/mol. The fourth-order valence-corrected chi connectivity index (χ4v) is 3.67. The van der Waals surface area contributed by atoms with Crippen LogP contribution in [0.15, 0.2) is 57.9 Å². The fourth-order valence-electron chi connectivity index (χ4n) is 2.11. The molecule has 0 spiro atoms. The standard InChI is InChI=1S/C17H18BrNO4S/c1-3-23-17(20)13-8-10-15(11-9-13)24(21,22)19(2)12-14-6-4-5-7-16(14)18/h4-11H,3,12H2,1-2H3. The summed E-state index contributed by atoms with van der Waals surface area (Å²) in [6, 6.07) is 13.2. The molecule has 0 aliphatic rings. The Labute approximate surface area is 150 Å². The predicted molar refractivity (Wildman–Crippen MR) is 95.2 cm³/mol. The molecule has 0 atom stereocenters. The Balaban J connectivity index is 2.20. The van der Waals surface area contributed by atoms with Crippen LogP contribution in [0.1, 0.15) is 22.8 Å². The third kappa shape index (κ3) is 4.23. The maximum atomic E-state index is 12.6. The summed E-state index contributed by atoms with van der Waals surface area (Å²) in [6.45, 7) is 2.23. The molecule has 0 unspecified atom stereocenters. The van der Waals surface area contributed by atoms with Crippen molar-refractivity contribution in [1.82, 2.24) is 4.31 Å². The summed E-state index contributed by atoms with van der Waals surface area (Å²) in [5, 5.41) is 0. The number of sulfonamides is 1. The zero-order valence-electron chi connectivity index (χ0n) is 13.4. The lowest BCUT2D eigenvalue weighted by Crippen LogP contribution is -2.26. The van der Waals surface area contributed by atoms with Crippen LogP contribution in [0, 0.1) is 0 Å². The van der Waals surface area contributed by atoms with Gasteiger partial charge in [0.25, 0.3) is 0 Å². The van der Waals surface area contributed by atoms with Gasteiger partial charge in [0.15, 0.2) is 0 Å². The molecule has 2 aromatic carbocycles. The zero-order valence-corrected chi connectivity index (χ0v) is 15.8. The highest BCUT2D eigenvalue weighted by atomic mass is 79.9. The molecule has 2 rings (SSSR count). The summed E-state index contributed by atoms with van der Waals surface area (Å²) < 4.78 is 32.3. The number of halogens is 1. The normalized spacial score (nSPS) is 11.5. The number of rotatable bonds is 6. The van der Waals surface area contributed by atoms with Crippen LogP contribution in [0.5, 0.6) is 0 Å². The Morgan fingerprint density at radius 2 is 1.75 bits per heavy atom. The van der Waals surface area contributed by atoms with Crippen molar-refractivity contribution in [3.63, 3.8) is 0 Å². The van der Waals surface area contributed by atoms with Gasteiger partial charge in [0.05, 0.1) is 17.1 Å². The first kappa shape index (κ1) is 18.6. The van der Waals surface area contributed by atoms with E-state index in [-0.39, 0.29) is 18.0 Å². The third-order valence-corrected chi connectivity index (χ3v) is 6.02. The summed E-state index contributed by atoms with van der Waals surface area (Å²) >= 11 is 3.42. The van der Waals surface area contributed by atoms with E-state index in [1.54, 1.807) is 6.92 Å². The van der Waals surface area contributed by atoms with E-state index < -0.39 is 16.0 Å². The Kier molecular flexibility index (Phi) is 6.15. The smallest absolute Gasteiger partial charge is 0.338 e. The lowest BCUT2D eigenvalue weighted by molar-refractivity contribution is 0.0526. The quantitative estimate of drug-likeness (QED) is 0.682. The van der Waals surface area contributed by atoms with Crippen LogP contribution >= 0.6 is 15.9 Å². The number of carbonyl (C=O) groups is 1. The van der Waals surface area contributed by atoms with Gasteiger partial charge in [-0.15, -0.1) is 0 Å². The highest BCUT2D eigenvalue weighted by molar-refractivity contribution is 9.10. The maximum absolute atomic E-state index is 12.6. The molecule has 0 bridgehead atoms. The van der Waals surface area contributed by atoms with E-state index in [0.717, 1.165) is 10.0 Å². The number of esters is 1. The minimum atomic E-state index is -3.65. The summed E-state index contributed by atoms with van der Waals surface area (Å²) in [7, 11) is -2.13. The van der Waals surface area contributed by atoms with Gasteiger partial charge in [0.2, 0.25) is 10.0 Å². The van der Waals surface area contributed by atoms with E-state index in [0.29, 0.717) is 5.56 Å². The molecule has 0 heterocycles. The molecule has 128 valence electrons. The number of hydrogen-bond donors (Lipinski definition) is 0. The van der Waals surface area contributed by atoms with Crippen molar-refractivity contribution in [1.29, 1.82) is 0 Å². The summed E-state index contributed by atoms with van der Waals surface area (Å²) in [5.74, 6) is -0.469. The second-order valence-corrected chi connectivity index (χ2v) is 8.00. The molecule has 0 amide bonds. The second-order valence-electron chi connectivity index (χ2n) is 5.10. The van der Waals surface area contributed by atoms with Gasteiger partial charge < -0.3 is 4.74 Å². The van der Waals surface area contributed by atoms with E-state index in [2.05, 4.69) is 15.9 Å². The lowest BCUT2D eigenvalue weighted by Gasteiger charge is -2.18. The summed E-state index contributed by atoms with van der Waals surface area (Å²) in [5.41, 5.74) is 1.19. The molecule has 0 saturated heterocycles. The summed E-state index contributed by atoms with van der Waals surface area (Å²) in [6.07, 6.45) is 0. The largest absolute Gasteiger partial charge is 0.462 e. The van der Waals surface area contributed by atoms with Crippen LogP contribution < -0.4 is 0 Å². The van der Waals surface area contributed by atoms with Gasteiger partial charge in [0.1, 0.15) is 0 Å². The molecule has 0 aliphatic heterocycles. The van der Waals surface area contributed by atoms with Crippen LogP contribution in [-0.2, 0) is 21.3 Å². The van der Waals surface area contributed by atoms with Crippen LogP contribution in [0.3, 0.4) is 0 Å². The molecule has 0 saturated carbocycles. The highest BCUT2D eigenvalue weighted by Gasteiger charge is 2.22. The molecule has 0 aliphatic carbocycles. The number of carbonyl (C=O) groups excluding carboxylic acids is 1. The van der Waals surface area contributed by atoms with Crippen molar-refractivity contribution in [2.45, 2.75) is 18.4 Å². The van der Waals surface area contributed by atoms with E-state index in [1.807, 2.05) is 24.3 Å². The predicted octanol–water partition coefficient (Wildman–Crippen LogP) is 3.45. The average molecular weight is 412 g/mol. The molecule has 0 aromatic heterocycles. The van der Waals surface area contributed by atoms with Crippen molar-refractivity contribution in [2.75, 3.05) is 13.7 Å². The van der Waals surface area contributed by atoms with Crippen LogP contribution in [0.2, 0.25) is 0 Å². The van der Waals surface area contributed by atoms with E-state index in [9.17, 15) is 13.2 Å². The average Bonchev–Trinajstić information content (AvgIpc) is 2.57. The fraction of sp³-hybridized carbons (Fsp3) is 0.235. The van der Waals surface area contributed by atoms with E-state index in [1.165, 1.54) is 35.6 Å². The number of hydrogen-bond acceptors (Lipinski definition) is 4. The van der Waals surface area contributed by atoms with E-state index in [4.69, 9.17) is 4.74 Å². The number of benzene rings is 2. The molecule has 0 radical (unpaired) electrons. The van der Waals surface area contributed by atoms with Crippen LogP contribution in [0.4, 0.5) is 0 Å². The summed E-state index contributed by atoms with van der Waals surface area (Å²) in [4.78, 5) is 11.8. The molecule has 5 nitrogen and oxygen atoms in total.